The summed E-state index contributed by atoms with van der Waals surface area (Å²) >= 11 is 0. The molecular formula is C13H14F3NO2. The fourth-order valence-electron chi connectivity index (χ4n) is 2.44. The largest absolute Gasteiger partial charge is 0.481 e. The number of hydrogen-bond donors (Lipinski definition) is 1. The van der Waals surface area contributed by atoms with E-state index in [1.54, 1.807) is 17.0 Å². The molecule has 1 aromatic carbocycles. The average molecular weight is 273 g/mol. The first kappa shape index (κ1) is 13.9. The van der Waals surface area contributed by atoms with Crippen molar-refractivity contribution in [2.75, 3.05) is 13.1 Å². The molecule has 2 rings (SSSR count). The highest BCUT2D eigenvalue weighted by Gasteiger charge is 2.52. The smallest absolute Gasteiger partial charge is 0.393 e. The molecule has 0 saturated carbocycles. The Morgan fingerprint density at radius 3 is 2.37 bits per heavy atom. The van der Waals surface area contributed by atoms with E-state index in [9.17, 15) is 18.0 Å². The fraction of sp³-hybridized carbons (Fsp3) is 0.462. The van der Waals surface area contributed by atoms with Gasteiger partial charge in [0.15, 0.2) is 0 Å². The van der Waals surface area contributed by atoms with Gasteiger partial charge in [0.1, 0.15) is 0 Å². The predicted octanol–water partition coefficient (Wildman–Crippen LogP) is 2.38. The second-order valence-electron chi connectivity index (χ2n) is 4.77. The summed E-state index contributed by atoms with van der Waals surface area (Å²) in [5.41, 5.74) is 0.884. The van der Waals surface area contributed by atoms with Crippen molar-refractivity contribution in [1.29, 1.82) is 0 Å². The van der Waals surface area contributed by atoms with Gasteiger partial charge in [-0.3, -0.25) is 9.69 Å². The minimum absolute atomic E-state index is 0.0611. The molecule has 0 amide bonds. The molecule has 0 bridgehead atoms. The first-order valence-electron chi connectivity index (χ1n) is 5.93. The number of alkyl halides is 3. The zero-order valence-corrected chi connectivity index (χ0v) is 10.1. The van der Waals surface area contributed by atoms with Gasteiger partial charge in [-0.25, -0.2) is 0 Å². The molecule has 1 saturated heterocycles. The number of carboxylic acids is 1. The van der Waals surface area contributed by atoms with Crippen LogP contribution in [0.2, 0.25) is 0 Å². The van der Waals surface area contributed by atoms with E-state index >= 15 is 0 Å². The molecule has 0 radical (unpaired) electrons. The van der Waals surface area contributed by atoms with Crippen molar-refractivity contribution in [2.45, 2.75) is 12.7 Å². The highest BCUT2D eigenvalue weighted by Crippen LogP contribution is 2.38. The SMILES string of the molecule is O=C(O)[C@H]1CN(Cc2ccccc2)C[C@H]1C(F)(F)F. The highest BCUT2D eigenvalue weighted by molar-refractivity contribution is 5.71. The predicted molar refractivity (Wildman–Crippen MR) is 62.4 cm³/mol. The van der Waals surface area contributed by atoms with Crippen molar-refractivity contribution >= 4 is 5.97 Å². The lowest BCUT2D eigenvalue weighted by molar-refractivity contribution is -0.188. The standard InChI is InChI=1S/C13H14F3NO2/c14-13(15,16)11-8-17(7-10(11)12(18)19)6-9-4-2-1-3-5-9/h1-5,10-11H,6-8H2,(H,18,19)/t10-,11+/m0/s1. The number of benzene rings is 1. The lowest BCUT2D eigenvalue weighted by Crippen LogP contribution is -2.33. The van der Waals surface area contributed by atoms with Gasteiger partial charge in [-0.05, 0) is 5.56 Å². The Morgan fingerprint density at radius 1 is 1.26 bits per heavy atom. The van der Waals surface area contributed by atoms with Crippen molar-refractivity contribution in [3.63, 3.8) is 0 Å². The first-order chi connectivity index (χ1) is 8.88. The van der Waals surface area contributed by atoms with Gasteiger partial charge in [-0.1, -0.05) is 30.3 Å². The van der Waals surface area contributed by atoms with Crippen molar-refractivity contribution in [3.05, 3.63) is 35.9 Å². The Bertz CT molecular complexity index is 447. The lowest BCUT2D eigenvalue weighted by Gasteiger charge is -2.18. The van der Waals surface area contributed by atoms with Crippen LogP contribution in [0.15, 0.2) is 30.3 Å². The van der Waals surface area contributed by atoms with Gasteiger partial charge in [-0.2, -0.15) is 13.2 Å². The van der Waals surface area contributed by atoms with E-state index in [1.165, 1.54) is 0 Å². The Hall–Kier alpha value is -1.56. The molecule has 1 fully saturated rings. The zero-order valence-electron chi connectivity index (χ0n) is 10.1. The number of carbonyl (C=O) groups is 1. The number of carboxylic acid groups (broad SMARTS) is 1. The van der Waals surface area contributed by atoms with E-state index in [0.717, 1.165) is 5.56 Å². The molecule has 1 aliphatic rings. The molecule has 3 nitrogen and oxygen atoms in total. The number of rotatable bonds is 3. The van der Waals surface area contributed by atoms with Gasteiger partial charge < -0.3 is 5.11 Å². The van der Waals surface area contributed by atoms with Crippen LogP contribution in [0.3, 0.4) is 0 Å². The summed E-state index contributed by atoms with van der Waals surface area (Å²) < 4.78 is 38.4. The Kier molecular flexibility index (Phi) is 3.80. The van der Waals surface area contributed by atoms with E-state index in [2.05, 4.69) is 0 Å². The van der Waals surface area contributed by atoms with Gasteiger partial charge in [-0.15, -0.1) is 0 Å². The molecule has 1 aromatic rings. The van der Waals surface area contributed by atoms with Gasteiger partial charge in [0.2, 0.25) is 0 Å². The molecule has 0 unspecified atom stereocenters. The van der Waals surface area contributed by atoms with Crippen LogP contribution in [-0.4, -0.2) is 35.2 Å². The van der Waals surface area contributed by atoms with Gasteiger partial charge >= 0.3 is 12.1 Å². The third-order valence-corrected chi connectivity index (χ3v) is 3.38. The van der Waals surface area contributed by atoms with E-state index in [-0.39, 0.29) is 13.1 Å². The van der Waals surface area contributed by atoms with Crippen molar-refractivity contribution < 1.29 is 23.1 Å². The molecule has 0 aliphatic carbocycles. The van der Waals surface area contributed by atoms with Crippen LogP contribution < -0.4 is 0 Å². The lowest BCUT2D eigenvalue weighted by atomic mass is 9.96. The van der Waals surface area contributed by atoms with Crippen molar-refractivity contribution in [1.82, 2.24) is 4.90 Å². The third kappa shape index (κ3) is 3.26. The summed E-state index contributed by atoms with van der Waals surface area (Å²) in [4.78, 5) is 12.5. The zero-order chi connectivity index (χ0) is 14.0. The Balaban J connectivity index is 2.08. The van der Waals surface area contributed by atoms with Crippen LogP contribution >= 0.6 is 0 Å². The molecule has 104 valence electrons. The number of nitrogens with zero attached hydrogens (tertiary/aromatic N) is 1. The Morgan fingerprint density at radius 2 is 1.89 bits per heavy atom. The molecule has 0 spiro atoms. The summed E-state index contributed by atoms with van der Waals surface area (Å²) in [7, 11) is 0. The quantitative estimate of drug-likeness (QED) is 0.919. The number of aliphatic carboxylic acids is 1. The third-order valence-electron chi connectivity index (χ3n) is 3.38. The Labute approximate surface area is 108 Å². The average Bonchev–Trinajstić information content (AvgIpc) is 2.74. The number of halogens is 3. The van der Waals surface area contributed by atoms with E-state index in [4.69, 9.17) is 5.11 Å². The van der Waals surface area contributed by atoms with Crippen LogP contribution in [0.5, 0.6) is 0 Å². The maximum Gasteiger partial charge on any atom is 0.393 e. The topological polar surface area (TPSA) is 40.5 Å². The number of hydrogen-bond acceptors (Lipinski definition) is 2. The van der Waals surface area contributed by atoms with Crippen LogP contribution in [0.4, 0.5) is 13.2 Å². The van der Waals surface area contributed by atoms with Crippen molar-refractivity contribution in [3.8, 4) is 0 Å². The minimum atomic E-state index is -4.46. The fourth-order valence-corrected chi connectivity index (χ4v) is 2.44. The molecule has 0 aromatic heterocycles. The maximum atomic E-state index is 12.8. The molecular weight excluding hydrogens is 259 g/mol. The van der Waals surface area contributed by atoms with E-state index in [1.807, 2.05) is 18.2 Å². The van der Waals surface area contributed by atoms with Gasteiger partial charge in [0, 0.05) is 19.6 Å². The van der Waals surface area contributed by atoms with Crippen LogP contribution in [0, 0.1) is 11.8 Å². The molecule has 6 heteroatoms. The molecule has 1 heterocycles. The normalized spacial score (nSPS) is 24.6. The second kappa shape index (κ2) is 5.21. The van der Waals surface area contributed by atoms with Crippen LogP contribution in [-0.2, 0) is 11.3 Å². The summed E-state index contributed by atoms with van der Waals surface area (Å²) in [5.74, 6) is -4.53. The second-order valence-corrected chi connectivity index (χ2v) is 4.77. The summed E-state index contributed by atoms with van der Waals surface area (Å²) in [6.07, 6.45) is -4.46. The van der Waals surface area contributed by atoms with E-state index in [0.29, 0.717) is 6.54 Å². The van der Waals surface area contributed by atoms with Crippen molar-refractivity contribution in [2.24, 2.45) is 11.8 Å². The molecule has 2 atom stereocenters. The summed E-state index contributed by atoms with van der Waals surface area (Å²) in [6.45, 7) is 0.0287. The molecule has 1 N–H and O–H groups in total. The van der Waals surface area contributed by atoms with Crippen LogP contribution in [0.25, 0.3) is 0 Å². The number of likely N-dealkylation sites (tertiary alicyclic amines) is 1. The van der Waals surface area contributed by atoms with Gasteiger partial charge in [0.25, 0.3) is 0 Å². The van der Waals surface area contributed by atoms with Gasteiger partial charge in [0.05, 0.1) is 11.8 Å². The highest BCUT2D eigenvalue weighted by atomic mass is 19.4. The molecule has 1 aliphatic heterocycles. The first-order valence-corrected chi connectivity index (χ1v) is 5.93. The molecule has 19 heavy (non-hydrogen) atoms. The van der Waals surface area contributed by atoms with Crippen LogP contribution in [0.1, 0.15) is 5.56 Å². The van der Waals surface area contributed by atoms with E-state index < -0.39 is 24.0 Å². The summed E-state index contributed by atoms with van der Waals surface area (Å²) in [5, 5.41) is 8.90. The summed E-state index contributed by atoms with van der Waals surface area (Å²) in [6, 6.07) is 9.07. The monoisotopic (exact) mass is 273 g/mol. The maximum absolute atomic E-state index is 12.8. The minimum Gasteiger partial charge on any atom is -0.481 e.